The minimum absolute atomic E-state index is 0.0370. The van der Waals surface area contributed by atoms with E-state index in [0.717, 1.165) is 29.2 Å². The van der Waals surface area contributed by atoms with Gasteiger partial charge in [0.2, 0.25) is 0 Å². The predicted octanol–water partition coefficient (Wildman–Crippen LogP) is 4.13. The second-order valence-corrected chi connectivity index (χ2v) is 6.30. The monoisotopic (exact) mass is 347 g/mol. The molecule has 0 saturated carbocycles. The van der Waals surface area contributed by atoms with E-state index in [9.17, 15) is 9.18 Å². The zero-order chi connectivity index (χ0) is 18.3. The molecular weight excluding hydrogens is 329 g/mol. The summed E-state index contributed by atoms with van der Waals surface area (Å²) in [7, 11) is 0. The van der Waals surface area contributed by atoms with Crippen LogP contribution < -0.4 is 0 Å². The van der Waals surface area contributed by atoms with Crippen molar-refractivity contribution in [3.63, 3.8) is 0 Å². The molecule has 4 rings (SSSR count). The number of carbonyl (C=O) groups excluding carboxylic acids is 1. The summed E-state index contributed by atoms with van der Waals surface area (Å²) < 4.78 is 16.5. The first kappa shape index (κ1) is 16.4. The highest BCUT2D eigenvalue weighted by Gasteiger charge is 2.22. The third-order valence-corrected chi connectivity index (χ3v) is 4.62. The summed E-state index contributed by atoms with van der Waals surface area (Å²) >= 11 is 0. The summed E-state index contributed by atoms with van der Waals surface area (Å²) in [6.07, 6.45) is 2.81. The van der Waals surface area contributed by atoms with E-state index >= 15 is 0 Å². The molecule has 0 amide bonds. The minimum atomic E-state index is -0.334. The van der Waals surface area contributed by atoms with Crippen LogP contribution in [0.1, 0.15) is 46.9 Å². The normalized spacial score (nSPS) is 12.8. The van der Waals surface area contributed by atoms with Crippen molar-refractivity contribution in [2.45, 2.75) is 26.8 Å². The third kappa shape index (κ3) is 2.65. The van der Waals surface area contributed by atoms with Crippen LogP contribution in [0.3, 0.4) is 0 Å². The zero-order valence-electron chi connectivity index (χ0n) is 14.7. The Balaban J connectivity index is 1.99. The Labute approximate surface area is 151 Å². The Kier molecular flexibility index (Phi) is 3.99. The maximum Gasteiger partial charge on any atom is 0.159 e. The lowest BCUT2D eigenvalue weighted by atomic mass is 9.97. The number of carbonyl (C=O) groups is 1. The molecule has 0 radical (unpaired) electrons. The van der Waals surface area contributed by atoms with Gasteiger partial charge in [-0.05, 0) is 43.7 Å². The van der Waals surface area contributed by atoms with Crippen LogP contribution in [0.4, 0.5) is 4.39 Å². The summed E-state index contributed by atoms with van der Waals surface area (Å²) in [5.41, 5.74) is 4.12. The van der Waals surface area contributed by atoms with E-state index in [4.69, 9.17) is 0 Å². The number of hydrogen-bond donors (Lipinski definition) is 0. The molecule has 0 aliphatic carbocycles. The van der Waals surface area contributed by atoms with E-state index in [2.05, 4.69) is 16.9 Å². The molecule has 1 aromatic heterocycles. The van der Waals surface area contributed by atoms with Gasteiger partial charge >= 0.3 is 0 Å². The molecule has 26 heavy (non-hydrogen) atoms. The number of hydrogen-bond acceptors (Lipinski definition) is 3. The van der Waals surface area contributed by atoms with E-state index in [-0.39, 0.29) is 11.6 Å². The van der Waals surface area contributed by atoms with Crippen LogP contribution in [0.15, 0.2) is 53.7 Å². The van der Waals surface area contributed by atoms with Gasteiger partial charge in [-0.1, -0.05) is 19.1 Å². The van der Waals surface area contributed by atoms with Gasteiger partial charge in [-0.15, -0.1) is 0 Å². The number of rotatable bonds is 3. The average Bonchev–Trinajstić information content (AvgIpc) is 3.00. The van der Waals surface area contributed by atoms with Crippen LogP contribution in [-0.2, 0) is 13.0 Å². The van der Waals surface area contributed by atoms with Gasteiger partial charge in [0, 0.05) is 22.9 Å². The Morgan fingerprint density at radius 2 is 2.00 bits per heavy atom. The highest BCUT2D eigenvalue weighted by atomic mass is 19.1. The molecule has 1 aliphatic rings. The summed E-state index contributed by atoms with van der Waals surface area (Å²) in [5.74, 6) is 0.439. The number of imidazole rings is 1. The molecule has 0 bridgehead atoms. The van der Waals surface area contributed by atoms with Crippen LogP contribution >= 0.6 is 0 Å². The van der Waals surface area contributed by atoms with Crippen LogP contribution in [-0.4, -0.2) is 21.0 Å². The van der Waals surface area contributed by atoms with Gasteiger partial charge in [-0.2, -0.15) is 0 Å². The highest BCUT2D eigenvalue weighted by molar-refractivity contribution is 6.16. The Morgan fingerprint density at radius 3 is 2.73 bits per heavy atom. The van der Waals surface area contributed by atoms with Crippen molar-refractivity contribution in [1.29, 1.82) is 0 Å². The molecule has 0 spiro atoms. The molecule has 0 atom stereocenters. The second kappa shape index (κ2) is 6.33. The van der Waals surface area contributed by atoms with E-state index in [1.807, 2.05) is 16.8 Å². The SMILES string of the molecule is CCc1cn2c(n1)CN=C(c1ccccc1F)c1cc(C(C)=O)ccc1-2. The molecule has 2 aromatic carbocycles. The molecule has 2 heterocycles. The molecular formula is C21H18FN3O. The van der Waals surface area contributed by atoms with Crippen molar-refractivity contribution in [3.05, 3.63) is 82.7 Å². The van der Waals surface area contributed by atoms with Crippen molar-refractivity contribution >= 4 is 11.5 Å². The smallest absolute Gasteiger partial charge is 0.159 e. The molecule has 1 aliphatic heterocycles. The Bertz CT molecular complexity index is 1050. The van der Waals surface area contributed by atoms with Crippen LogP contribution in [0.5, 0.6) is 0 Å². The molecule has 4 nitrogen and oxygen atoms in total. The zero-order valence-corrected chi connectivity index (χ0v) is 14.7. The summed E-state index contributed by atoms with van der Waals surface area (Å²) in [6.45, 7) is 3.93. The molecule has 5 heteroatoms. The lowest BCUT2D eigenvalue weighted by Gasteiger charge is -2.13. The Morgan fingerprint density at radius 1 is 1.19 bits per heavy atom. The summed E-state index contributed by atoms with van der Waals surface area (Å²) in [4.78, 5) is 21.2. The summed E-state index contributed by atoms with van der Waals surface area (Å²) in [5, 5.41) is 0. The second-order valence-electron chi connectivity index (χ2n) is 6.30. The number of benzene rings is 2. The molecule has 0 unspecified atom stereocenters. The van der Waals surface area contributed by atoms with Crippen LogP contribution in [0.25, 0.3) is 5.69 Å². The van der Waals surface area contributed by atoms with Gasteiger partial charge in [0.1, 0.15) is 11.6 Å². The van der Waals surface area contributed by atoms with Crippen molar-refractivity contribution in [2.75, 3.05) is 0 Å². The lowest BCUT2D eigenvalue weighted by Crippen LogP contribution is -2.10. The number of aliphatic imine (C=N–C) groups is 1. The van der Waals surface area contributed by atoms with Gasteiger partial charge in [0.25, 0.3) is 0 Å². The topological polar surface area (TPSA) is 47.2 Å². The average molecular weight is 347 g/mol. The number of nitrogens with zero attached hydrogens (tertiary/aromatic N) is 3. The van der Waals surface area contributed by atoms with E-state index in [0.29, 0.717) is 23.4 Å². The van der Waals surface area contributed by atoms with Gasteiger partial charge in [-0.3, -0.25) is 9.79 Å². The fraction of sp³-hybridized carbons (Fsp3) is 0.190. The number of fused-ring (bicyclic) bond motifs is 3. The van der Waals surface area contributed by atoms with Crippen molar-refractivity contribution < 1.29 is 9.18 Å². The Hall–Kier alpha value is -3.08. The number of halogens is 1. The predicted molar refractivity (Wildman–Crippen MR) is 98.7 cm³/mol. The maximum absolute atomic E-state index is 14.5. The highest BCUT2D eigenvalue weighted by Crippen LogP contribution is 2.27. The minimum Gasteiger partial charge on any atom is -0.301 e. The van der Waals surface area contributed by atoms with E-state index < -0.39 is 0 Å². The van der Waals surface area contributed by atoms with Crippen molar-refractivity contribution in [3.8, 4) is 5.69 Å². The molecule has 0 saturated heterocycles. The number of aryl methyl sites for hydroxylation is 1. The number of aromatic nitrogens is 2. The number of Topliss-reactive ketones (excluding diaryl/α,β-unsaturated/α-hetero) is 1. The molecule has 0 fully saturated rings. The van der Waals surface area contributed by atoms with Crippen molar-refractivity contribution in [1.82, 2.24) is 9.55 Å². The first-order chi connectivity index (χ1) is 12.6. The number of ketones is 1. The molecule has 3 aromatic rings. The first-order valence-corrected chi connectivity index (χ1v) is 8.60. The van der Waals surface area contributed by atoms with Gasteiger partial charge in [0.15, 0.2) is 5.78 Å². The van der Waals surface area contributed by atoms with Crippen molar-refractivity contribution in [2.24, 2.45) is 4.99 Å². The van der Waals surface area contributed by atoms with Gasteiger partial charge in [-0.25, -0.2) is 9.37 Å². The molecule has 0 N–H and O–H groups in total. The van der Waals surface area contributed by atoms with Crippen LogP contribution in [0, 0.1) is 5.82 Å². The standard InChI is InChI=1S/C21H18FN3O/c1-3-15-12-25-19-9-8-14(13(2)26)10-17(19)21(23-11-20(25)24-15)16-6-4-5-7-18(16)22/h4-10,12H,3,11H2,1-2H3. The van der Waals surface area contributed by atoms with Gasteiger partial charge < -0.3 is 4.57 Å². The molecule has 130 valence electrons. The fourth-order valence-electron chi connectivity index (χ4n) is 3.24. The summed E-state index contributed by atoms with van der Waals surface area (Å²) in [6, 6.07) is 12.0. The largest absolute Gasteiger partial charge is 0.301 e. The third-order valence-electron chi connectivity index (χ3n) is 4.62. The van der Waals surface area contributed by atoms with E-state index in [1.54, 1.807) is 30.3 Å². The van der Waals surface area contributed by atoms with Crippen LogP contribution in [0.2, 0.25) is 0 Å². The lowest BCUT2D eigenvalue weighted by molar-refractivity contribution is 0.101. The quantitative estimate of drug-likeness (QED) is 0.669. The maximum atomic E-state index is 14.5. The fourth-order valence-corrected chi connectivity index (χ4v) is 3.24. The van der Waals surface area contributed by atoms with Gasteiger partial charge in [0.05, 0.1) is 23.6 Å². The van der Waals surface area contributed by atoms with E-state index in [1.165, 1.54) is 13.0 Å². The first-order valence-electron chi connectivity index (χ1n) is 8.60.